The first-order chi connectivity index (χ1) is 11.1. The molecule has 0 aromatic heterocycles. The zero-order valence-corrected chi connectivity index (χ0v) is 13.6. The molecular weight excluding hydrogens is 293 g/mol. The molecule has 1 spiro atoms. The summed E-state index contributed by atoms with van der Waals surface area (Å²) < 4.78 is 14.2. The summed E-state index contributed by atoms with van der Waals surface area (Å²) in [5, 5.41) is 8.61. The molecule has 0 aliphatic heterocycles. The van der Waals surface area contributed by atoms with Crippen LogP contribution in [0.3, 0.4) is 0 Å². The summed E-state index contributed by atoms with van der Waals surface area (Å²) in [7, 11) is 0. The molecule has 0 bridgehead atoms. The Labute approximate surface area is 137 Å². The molecule has 1 aromatic rings. The lowest BCUT2D eigenvalue weighted by atomic mass is 9.63. The van der Waals surface area contributed by atoms with Crippen molar-refractivity contribution in [3.05, 3.63) is 35.1 Å². The third-order valence-corrected chi connectivity index (χ3v) is 6.01. The molecule has 0 heterocycles. The highest BCUT2D eigenvalue weighted by Crippen LogP contribution is 2.49. The van der Waals surface area contributed by atoms with E-state index in [-0.39, 0.29) is 11.4 Å². The largest absolute Gasteiger partial charge is 0.288 e. The first-order valence-electron chi connectivity index (χ1n) is 8.85. The number of hydroxylamine groups is 1. The summed E-state index contributed by atoms with van der Waals surface area (Å²) in [5.41, 5.74) is 2.97. The molecule has 1 amide bonds. The van der Waals surface area contributed by atoms with Crippen molar-refractivity contribution in [2.75, 3.05) is 0 Å². The molecule has 126 valence electrons. The Morgan fingerprint density at radius 2 is 1.87 bits per heavy atom. The van der Waals surface area contributed by atoms with Crippen LogP contribution in [0.4, 0.5) is 4.39 Å². The standard InChI is InChI=1S/C19H26FNO2/c20-17-13-16(18(22)21-23)5-4-15(17)12-14-6-10-19(11-7-14)8-2-1-3-9-19/h4-5,13-14,23H,1-3,6-12H2,(H,21,22). The van der Waals surface area contributed by atoms with E-state index < -0.39 is 5.91 Å². The molecule has 2 saturated carbocycles. The lowest BCUT2D eigenvalue weighted by Crippen LogP contribution is -2.30. The maximum Gasteiger partial charge on any atom is 0.274 e. The van der Waals surface area contributed by atoms with Crippen LogP contribution in [0.2, 0.25) is 0 Å². The predicted octanol–water partition coefficient (Wildman–Crippen LogP) is 4.63. The van der Waals surface area contributed by atoms with Crippen molar-refractivity contribution >= 4 is 5.91 Å². The first-order valence-corrected chi connectivity index (χ1v) is 8.85. The normalized spacial score (nSPS) is 21.3. The minimum atomic E-state index is -0.674. The number of carbonyl (C=O) groups is 1. The highest BCUT2D eigenvalue weighted by Gasteiger charge is 2.36. The van der Waals surface area contributed by atoms with Gasteiger partial charge in [-0.05, 0) is 74.0 Å². The molecule has 3 rings (SSSR count). The monoisotopic (exact) mass is 319 g/mol. The van der Waals surface area contributed by atoms with Crippen LogP contribution in [0.5, 0.6) is 0 Å². The number of hydrogen-bond donors (Lipinski definition) is 2. The predicted molar refractivity (Wildman–Crippen MR) is 86.8 cm³/mol. The van der Waals surface area contributed by atoms with Gasteiger partial charge in [0.05, 0.1) is 0 Å². The number of carbonyl (C=O) groups excluding carboxylic acids is 1. The van der Waals surface area contributed by atoms with Gasteiger partial charge in [0.15, 0.2) is 0 Å². The second-order valence-corrected chi connectivity index (χ2v) is 7.46. The van der Waals surface area contributed by atoms with Crippen LogP contribution in [0.1, 0.15) is 73.7 Å². The van der Waals surface area contributed by atoms with Gasteiger partial charge in [-0.2, -0.15) is 0 Å². The number of nitrogens with one attached hydrogen (secondary N) is 1. The Morgan fingerprint density at radius 1 is 1.17 bits per heavy atom. The number of hydrogen-bond acceptors (Lipinski definition) is 2. The van der Waals surface area contributed by atoms with Crippen molar-refractivity contribution in [1.29, 1.82) is 0 Å². The van der Waals surface area contributed by atoms with Gasteiger partial charge in [0.25, 0.3) is 5.91 Å². The second-order valence-electron chi connectivity index (χ2n) is 7.46. The lowest BCUT2D eigenvalue weighted by molar-refractivity contribution is 0.0706. The molecule has 0 saturated heterocycles. The average Bonchev–Trinajstić information content (AvgIpc) is 2.59. The van der Waals surface area contributed by atoms with Gasteiger partial charge in [0.1, 0.15) is 5.82 Å². The minimum Gasteiger partial charge on any atom is -0.288 e. The van der Waals surface area contributed by atoms with Crippen LogP contribution in [-0.2, 0) is 6.42 Å². The molecule has 2 fully saturated rings. The molecular formula is C19H26FNO2. The molecule has 0 radical (unpaired) electrons. The van der Waals surface area contributed by atoms with Gasteiger partial charge in [-0.25, -0.2) is 9.87 Å². The third-order valence-electron chi connectivity index (χ3n) is 6.01. The molecule has 2 N–H and O–H groups in total. The number of amides is 1. The fraction of sp³-hybridized carbons (Fsp3) is 0.632. The number of halogens is 1. The number of rotatable bonds is 3. The van der Waals surface area contributed by atoms with E-state index in [0.717, 1.165) is 6.42 Å². The molecule has 0 atom stereocenters. The first kappa shape index (κ1) is 16.4. The second kappa shape index (κ2) is 7.00. The molecule has 23 heavy (non-hydrogen) atoms. The minimum absolute atomic E-state index is 0.151. The lowest BCUT2D eigenvalue weighted by Gasteiger charge is -2.43. The summed E-state index contributed by atoms with van der Waals surface area (Å²) in [4.78, 5) is 11.3. The van der Waals surface area contributed by atoms with E-state index in [1.807, 2.05) is 0 Å². The maximum atomic E-state index is 14.2. The maximum absolute atomic E-state index is 14.2. The average molecular weight is 319 g/mol. The van der Waals surface area contributed by atoms with Crippen molar-refractivity contribution in [3.63, 3.8) is 0 Å². The zero-order valence-electron chi connectivity index (χ0n) is 13.6. The topological polar surface area (TPSA) is 49.3 Å². The van der Waals surface area contributed by atoms with E-state index in [2.05, 4.69) is 0 Å². The fourth-order valence-electron chi connectivity index (χ4n) is 4.53. The molecule has 4 heteroatoms. The van der Waals surface area contributed by atoms with Crippen molar-refractivity contribution in [2.24, 2.45) is 11.3 Å². The van der Waals surface area contributed by atoms with Gasteiger partial charge >= 0.3 is 0 Å². The van der Waals surface area contributed by atoms with Crippen LogP contribution in [-0.4, -0.2) is 11.1 Å². The van der Waals surface area contributed by atoms with Crippen molar-refractivity contribution in [1.82, 2.24) is 5.48 Å². The zero-order chi connectivity index (χ0) is 16.3. The highest BCUT2D eigenvalue weighted by molar-refractivity contribution is 5.93. The van der Waals surface area contributed by atoms with Crippen LogP contribution < -0.4 is 5.48 Å². The Bertz CT molecular complexity index is 556. The van der Waals surface area contributed by atoms with E-state index >= 15 is 0 Å². The SMILES string of the molecule is O=C(NO)c1ccc(CC2CCC3(CCCCC3)CC2)c(F)c1. The summed E-state index contributed by atoms with van der Waals surface area (Å²) in [6, 6.07) is 4.48. The Hall–Kier alpha value is -1.42. The molecule has 2 aliphatic rings. The van der Waals surface area contributed by atoms with Gasteiger partial charge in [-0.15, -0.1) is 0 Å². The molecule has 2 aliphatic carbocycles. The summed E-state index contributed by atoms with van der Waals surface area (Å²) in [6.45, 7) is 0. The Balaban J connectivity index is 1.59. The van der Waals surface area contributed by atoms with E-state index in [0.29, 0.717) is 16.9 Å². The summed E-state index contributed by atoms with van der Waals surface area (Å²) in [5.74, 6) is -0.467. The van der Waals surface area contributed by atoms with Gasteiger partial charge in [-0.1, -0.05) is 25.3 Å². The summed E-state index contributed by atoms with van der Waals surface area (Å²) in [6.07, 6.45) is 12.7. The van der Waals surface area contributed by atoms with Crippen LogP contribution >= 0.6 is 0 Å². The highest BCUT2D eigenvalue weighted by atomic mass is 19.1. The van der Waals surface area contributed by atoms with Crippen molar-refractivity contribution in [3.8, 4) is 0 Å². The van der Waals surface area contributed by atoms with Gasteiger partial charge < -0.3 is 0 Å². The van der Waals surface area contributed by atoms with Gasteiger partial charge in [0.2, 0.25) is 0 Å². The molecule has 3 nitrogen and oxygen atoms in total. The third kappa shape index (κ3) is 3.74. The van der Waals surface area contributed by atoms with Crippen molar-refractivity contribution < 1.29 is 14.4 Å². The van der Waals surface area contributed by atoms with Gasteiger partial charge in [0, 0.05) is 5.56 Å². The fourth-order valence-corrected chi connectivity index (χ4v) is 4.53. The van der Waals surface area contributed by atoms with Crippen LogP contribution in [0.25, 0.3) is 0 Å². The van der Waals surface area contributed by atoms with Crippen molar-refractivity contribution in [2.45, 2.75) is 64.2 Å². The smallest absolute Gasteiger partial charge is 0.274 e. The molecule has 1 aromatic carbocycles. The Kier molecular flexibility index (Phi) is 5.00. The van der Waals surface area contributed by atoms with Crippen LogP contribution in [0, 0.1) is 17.2 Å². The molecule has 0 unspecified atom stereocenters. The summed E-state index contributed by atoms with van der Waals surface area (Å²) >= 11 is 0. The van der Waals surface area contributed by atoms with E-state index in [1.54, 1.807) is 12.1 Å². The van der Waals surface area contributed by atoms with E-state index in [9.17, 15) is 9.18 Å². The van der Waals surface area contributed by atoms with Gasteiger partial charge in [-0.3, -0.25) is 10.0 Å². The van der Waals surface area contributed by atoms with Crippen LogP contribution in [0.15, 0.2) is 18.2 Å². The number of benzene rings is 1. The van der Waals surface area contributed by atoms with E-state index in [1.165, 1.54) is 69.3 Å². The van der Waals surface area contributed by atoms with E-state index in [4.69, 9.17) is 5.21 Å². The quantitative estimate of drug-likeness (QED) is 0.630. The Morgan fingerprint density at radius 3 is 2.48 bits per heavy atom.